The SMILES string of the molecule is C1=CC/C=C/C=C\C=C\CC=C1. The molecule has 0 spiro atoms. The maximum absolute atomic E-state index is 2.14. The summed E-state index contributed by atoms with van der Waals surface area (Å²) >= 11 is 0. The summed E-state index contributed by atoms with van der Waals surface area (Å²) in [6.07, 6.45) is 23.0. The van der Waals surface area contributed by atoms with Crippen LogP contribution >= 0.6 is 0 Å². The molecule has 0 aromatic carbocycles. The van der Waals surface area contributed by atoms with Gasteiger partial charge in [0.2, 0.25) is 0 Å². The van der Waals surface area contributed by atoms with E-state index in [1.165, 1.54) is 0 Å². The summed E-state index contributed by atoms with van der Waals surface area (Å²) in [7, 11) is 0. The fraction of sp³-hybridized carbons (Fsp3) is 0.167. The van der Waals surface area contributed by atoms with Crippen LogP contribution in [0.4, 0.5) is 0 Å². The summed E-state index contributed by atoms with van der Waals surface area (Å²) in [5.41, 5.74) is 0. The predicted molar refractivity (Wildman–Crippen MR) is 54.9 cm³/mol. The molecular formula is C12H14. The summed E-state index contributed by atoms with van der Waals surface area (Å²) in [5.74, 6) is 0. The highest BCUT2D eigenvalue weighted by atomic mass is 13.8. The van der Waals surface area contributed by atoms with Crippen LogP contribution in [0.5, 0.6) is 0 Å². The van der Waals surface area contributed by atoms with Crippen molar-refractivity contribution in [1.29, 1.82) is 0 Å². The molecule has 12 heavy (non-hydrogen) atoms. The molecule has 62 valence electrons. The number of allylic oxidation sites excluding steroid dienone is 10. The molecule has 0 saturated carbocycles. The van der Waals surface area contributed by atoms with Gasteiger partial charge in [-0.3, -0.25) is 0 Å². The lowest BCUT2D eigenvalue weighted by molar-refractivity contribution is 1.37. The number of hydrogen-bond donors (Lipinski definition) is 0. The molecule has 0 heteroatoms. The van der Waals surface area contributed by atoms with E-state index < -0.39 is 0 Å². The molecule has 1 rings (SSSR count). The van der Waals surface area contributed by atoms with Crippen molar-refractivity contribution in [3.8, 4) is 0 Å². The van der Waals surface area contributed by atoms with Gasteiger partial charge in [0, 0.05) is 0 Å². The molecule has 0 saturated heterocycles. The van der Waals surface area contributed by atoms with Crippen molar-refractivity contribution in [2.45, 2.75) is 12.8 Å². The van der Waals surface area contributed by atoms with E-state index in [0.717, 1.165) is 12.8 Å². The fourth-order valence-electron chi connectivity index (χ4n) is 0.914. The van der Waals surface area contributed by atoms with Crippen molar-refractivity contribution < 1.29 is 0 Å². The minimum absolute atomic E-state index is 1.01. The van der Waals surface area contributed by atoms with Crippen LogP contribution in [0.1, 0.15) is 12.8 Å². The molecule has 0 radical (unpaired) electrons. The molecule has 0 bridgehead atoms. The standard InChI is InChI=1S/C12H14/c1-2-4-6-8-10-12-11-9-7-5-3-1/h1-6,9-12H,7-8H2/b2-1-,5-3+,6-4+,11-9?,12-10?. The van der Waals surface area contributed by atoms with Gasteiger partial charge in [-0.2, -0.15) is 0 Å². The summed E-state index contributed by atoms with van der Waals surface area (Å²) in [5, 5.41) is 0. The molecule has 0 aliphatic heterocycles. The molecular weight excluding hydrogens is 144 g/mol. The minimum atomic E-state index is 1.01. The van der Waals surface area contributed by atoms with Crippen LogP contribution in [0.2, 0.25) is 0 Å². The smallest absolute Gasteiger partial charge is 0.0163 e. The normalized spacial score (nSPS) is 25.3. The minimum Gasteiger partial charge on any atom is -0.0808 e. The van der Waals surface area contributed by atoms with Crippen molar-refractivity contribution in [1.82, 2.24) is 0 Å². The molecule has 0 aromatic heterocycles. The average Bonchev–Trinajstić information content (AvgIpc) is 2.05. The number of rotatable bonds is 0. The van der Waals surface area contributed by atoms with Gasteiger partial charge in [-0.25, -0.2) is 0 Å². The Kier molecular flexibility index (Phi) is 4.70. The van der Waals surface area contributed by atoms with Crippen LogP contribution in [0.15, 0.2) is 60.8 Å². The molecule has 0 fully saturated rings. The van der Waals surface area contributed by atoms with Gasteiger partial charge in [0.05, 0.1) is 0 Å². The molecule has 1 aliphatic carbocycles. The average molecular weight is 158 g/mol. The van der Waals surface area contributed by atoms with Gasteiger partial charge in [-0.15, -0.1) is 0 Å². The van der Waals surface area contributed by atoms with E-state index in [2.05, 4.69) is 60.8 Å². The lowest BCUT2D eigenvalue weighted by Gasteiger charge is -1.82. The van der Waals surface area contributed by atoms with Crippen LogP contribution in [0.25, 0.3) is 0 Å². The molecule has 0 unspecified atom stereocenters. The summed E-state index contributed by atoms with van der Waals surface area (Å²) in [4.78, 5) is 0. The summed E-state index contributed by atoms with van der Waals surface area (Å²) in [6, 6.07) is 0. The Morgan fingerprint density at radius 3 is 1.17 bits per heavy atom. The first kappa shape index (κ1) is 8.79. The quantitative estimate of drug-likeness (QED) is 0.505. The largest absolute Gasteiger partial charge is 0.0808 e. The van der Waals surface area contributed by atoms with Gasteiger partial charge in [0.15, 0.2) is 0 Å². The van der Waals surface area contributed by atoms with E-state index in [4.69, 9.17) is 0 Å². The fourth-order valence-corrected chi connectivity index (χ4v) is 0.914. The first-order chi connectivity index (χ1) is 6.00. The lowest BCUT2D eigenvalue weighted by Crippen LogP contribution is -1.61. The summed E-state index contributed by atoms with van der Waals surface area (Å²) < 4.78 is 0. The molecule has 1 aliphatic rings. The van der Waals surface area contributed by atoms with Crippen LogP contribution in [0.3, 0.4) is 0 Å². The molecule has 0 N–H and O–H groups in total. The van der Waals surface area contributed by atoms with E-state index in [1.807, 2.05) is 0 Å². The van der Waals surface area contributed by atoms with Crippen LogP contribution < -0.4 is 0 Å². The van der Waals surface area contributed by atoms with E-state index >= 15 is 0 Å². The Morgan fingerprint density at radius 1 is 0.417 bits per heavy atom. The highest BCUT2D eigenvalue weighted by molar-refractivity contribution is 5.15. The molecule has 0 amide bonds. The maximum atomic E-state index is 2.14. The Hall–Kier alpha value is -1.30. The van der Waals surface area contributed by atoms with E-state index in [0.29, 0.717) is 0 Å². The molecule has 0 heterocycles. The molecule has 0 nitrogen and oxygen atoms in total. The zero-order valence-electron chi connectivity index (χ0n) is 7.19. The summed E-state index contributed by atoms with van der Waals surface area (Å²) in [6.45, 7) is 0. The monoisotopic (exact) mass is 158 g/mol. The van der Waals surface area contributed by atoms with Gasteiger partial charge < -0.3 is 0 Å². The maximum Gasteiger partial charge on any atom is -0.0163 e. The third-order valence-corrected chi connectivity index (χ3v) is 1.53. The van der Waals surface area contributed by atoms with E-state index in [1.54, 1.807) is 0 Å². The van der Waals surface area contributed by atoms with Gasteiger partial charge in [0.25, 0.3) is 0 Å². The Morgan fingerprint density at radius 2 is 0.750 bits per heavy atom. The van der Waals surface area contributed by atoms with Crippen molar-refractivity contribution in [3.63, 3.8) is 0 Å². The van der Waals surface area contributed by atoms with Crippen molar-refractivity contribution in [2.75, 3.05) is 0 Å². The third-order valence-electron chi connectivity index (χ3n) is 1.53. The van der Waals surface area contributed by atoms with Crippen LogP contribution in [-0.2, 0) is 0 Å². The van der Waals surface area contributed by atoms with Crippen molar-refractivity contribution in [2.24, 2.45) is 0 Å². The van der Waals surface area contributed by atoms with Crippen molar-refractivity contribution in [3.05, 3.63) is 60.8 Å². The molecule has 0 aromatic rings. The van der Waals surface area contributed by atoms with Gasteiger partial charge in [0.1, 0.15) is 0 Å². The highest BCUT2D eigenvalue weighted by Gasteiger charge is 1.71. The second kappa shape index (κ2) is 6.41. The van der Waals surface area contributed by atoms with Crippen LogP contribution in [-0.4, -0.2) is 0 Å². The lowest BCUT2D eigenvalue weighted by atomic mass is 10.2. The Labute approximate surface area is 74.3 Å². The first-order valence-electron chi connectivity index (χ1n) is 4.30. The highest BCUT2D eigenvalue weighted by Crippen LogP contribution is 1.93. The predicted octanol–water partition coefficient (Wildman–Crippen LogP) is 3.56. The number of hydrogen-bond acceptors (Lipinski definition) is 0. The second-order valence-corrected chi connectivity index (χ2v) is 2.57. The first-order valence-corrected chi connectivity index (χ1v) is 4.30. The molecule has 0 atom stereocenters. The van der Waals surface area contributed by atoms with Gasteiger partial charge in [-0.05, 0) is 12.8 Å². The zero-order valence-corrected chi connectivity index (χ0v) is 7.19. The van der Waals surface area contributed by atoms with Gasteiger partial charge in [-0.1, -0.05) is 60.8 Å². The van der Waals surface area contributed by atoms with Gasteiger partial charge >= 0.3 is 0 Å². The van der Waals surface area contributed by atoms with E-state index in [-0.39, 0.29) is 0 Å². The van der Waals surface area contributed by atoms with Crippen LogP contribution in [0, 0.1) is 0 Å². The Bertz CT molecular complexity index is 211. The van der Waals surface area contributed by atoms with E-state index in [9.17, 15) is 0 Å². The third kappa shape index (κ3) is 4.51. The topological polar surface area (TPSA) is 0 Å². The second-order valence-electron chi connectivity index (χ2n) is 2.57. The zero-order chi connectivity index (χ0) is 8.49. The Balaban J connectivity index is 2.55. The van der Waals surface area contributed by atoms with Crippen molar-refractivity contribution >= 4 is 0 Å².